The summed E-state index contributed by atoms with van der Waals surface area (Å²) in [5.41, 5.74) is 3.03. The molecule has 0 atom stereocenters. The molecule has 1 aromatic carbocycles. The number of aryl methyl sites for hydroxylation is 1. The van der Waals surface area contributed by atoms with E-state index in [1.54, 1.807) is 20.3 Å². The molecule has 1 N–H and O–H groups in total. The quantitative estimate of drug-likeness (QED) is 0.552. The number of nitrogens with one attached hydrogen (secondary N) is 1. The molecule has 0 saturated carbocycles. The van der Waals surface area contributed by atoms with E-state index < -0.39 is 0 Å². The van der Waals surface area contributed by atoms with Crippen LogP contribution in [0.25, 0.3) is 10.9 Å². The van der Waals surface area contributed by atoms with Gasteiger partial charge in [-0.15, -0.1) is 0 Å². The Morgan fingerprint density at radius 1 is 1.03 bits per heavy atom. The number of hydrogen-bond donors (Lipinski definition) is 1. The molecule has 3 rings (SSSR count). The van der Waals surface area contributed by atoms with Gasteiger partial charge in [-0.25, -0.2) is 0 Å². The van der Waals surface area contributed by atoms with Gasteiger partial charge in [0.05, 0.1) is 31.9 Å². The molecular formula is C22H28N6O2. The average molecular weight is 409 g/mol. The number of fused-ring (bicyclic) bond motifs is 1. The minimum absolute atomic E-state index is 0.482. The maximum Gasteiger partial charge on any atom is 0.231 e. The van der Waals surface area contributed by atoms with E-state index in [2.05, 4.69) is 33.0 Å². The van der Waals surface area contributed by atoms with Crippen molar-refractivity contribution in [2.24, 2.45) is 0 Å². The second kappa shape index (κ2) is 9.94. The maximum absolute atomic E-state index is 9.13. The highest BCUT2D eigenvalue weighted by Gasteiger charge is 2.11. The fourth-order valence-corrected chi connectivity index (χ4v) is 3.30. The van der Waals surface area contributed by atoms with E-state index in [0.717, 1.165) is 43.4 Å². The molecule has 0 spiro atoms. The summed E-state index contributed by atoms with van der Waals surface area (Å²) in [6, 6.07) is 9.64. The van der Waals surface area contributed by atoms with Crippen LogP contribution in [0.2, 0.25) is 0 Å². The molecular weight excluding hydrogens is 380 g/mol. The number of benzene rings is 1. The van der Waals surface area contributed by atoms with Gasteiger partial charge in [-0.1, -0.05) is 0 Å². The van der Waals surface area contributed by atoms with E-state index in [4.69, 9.17) is 14.7 Å². The second-order valence-corrected chi connectivity index (χ2v) is 7.27. The summed E-state index contributed by atoms with van der Waals surface area (Å²) in [6.07, 6.45) is 4.05. The van der Waals surface area contributed by atoms with Crippen LogP contribution in [0, 0.1) is 11.3 Å². The van der Waals surface area contributed by atoms with Gasteiger partial charge in [0.15, 0.2) is 0 Å². The molecule has 0 amide bonds. The first-order valence-electron chi connectivity index (χ1n) is 9.91. The molecule has 0 aliphatic rings. The van der Waals surface area contributed by atoms with Gasteiger partial charge in [-0.05, 0) is 50.2 Å². The summed E-state index contributed by atoms with van der Waals surface area (Å²) in [4.78, 5) is 16.3. The lowest BCUT2D eigenvalue weighted by Crippen LogP contribution is -2.32. The summed E-state index contributed by atoms with van der Waals surface area (Å²) in [6.45, 7) is 2.64. The van der Waals surface area contributed by atoms with Crippen LogP contribution in [0.15, 0.2) is 30.5 Å². The van der Waals surface area contributed by atoms with Crippen molar-refractivity contribution in [1.29, 1.82) is 5.26 Å². The Balaban J connectivity index is 1.49. The molecule has 2 heterocycles. The van der Waals surface area contributed by atoms with Crippen molar-refractivity contribution in [2.75, 3.05) is 52.8 Å². The Hall–Kier alpha value is -3.31. The summed E-state index contributed by atoms with van der Waals surface area (Å²) >= 11 is 0. The van der Waals surface area contributed by atoms with E-state index >= 15 is 0 Å². The predicted octanol–water partition coefficient (Wildman–Crippen LogP) is 2.85. The number of nitrogens with zero attached hydrogens (tertiary/aromatic N) is 5. The first-order chi connectivity index (χ1) is 14.5. The van der Waals surface area contributed by atoms with E-state index in [9.17, 15) is 0 Å². The summed E-state index contributed by atoms with van der Waals surface area (Å²) in [5.74, 6) is 1.54. The zero-order valence-corrected chi connectivity index (χ0v) is 18.0. The molecule has 0 saturated heterocycles. The number of anilines is 1. The van der Waals surface area contributed by atoms with E-state index in [1.807, 2.05) is 36.3 Å². The number of likely N-dealkylation sites (N-methyl/N-ethyl adjacent to an activating group) is 2. The zero-order chi connectivity index (χ0) is 21.5. The number of nitriles is 1. The molecule has 8 nitrogen and oxygen atoms in total. The van der Waals surface area contributed by atoms with Gasteiger partial charge in [0.1, 0.15) is 0 Å². The Labute approximate surface area is 177 Å². The minimum Gasteiger partial charge on any atom is -0.481 e. The van der Waals surface area contributed by atoms with Crippen LogP contribution >= 0.6 is 0 Å². The molecule has 0 aliphatic carbocycles. The van der Waals surface area contributed by atoms with Gasteiger partial charge < -0.3 is 24.3 Å². The molecule has 158 valence electrons. The van der Waals surface area contributed by atoms with Crippen LogP contribution < -0.4 is 14.4 Å². The van der Waals surface area contributed by atoms with Crippen LogP contribution in [0.3, 0.4) is 0 Å². The molecule has 0 radical (unpaired) electrons. The van der Waals surface area contributed by atoms with E-state index in [-0.39, 0.29) is 0 Å². The standard InChI is InChI=1S/C22H28N6O2/c1-27(10-11-28(2)22-25-20(29-3)13-21(26-22)30-4)9-5-6-17-15-24-19-8-7-16(14-23)12-18(17)19/h7-8,12-13,15,24H,5-6,9-11H2,1-4H3. The number of H-pyrrole nitrogens is 1. The van der Waals surface area contributed by atoms with Gasteiger partial charge in [-0.3, -0.25) is 0 Å². The largest absolute Gasteiger partial charge is 0.481 e. The van der Waals surface area contributed by atoms with Gasteiger partial charge in [0, 0.05) is 37.2 Å². The number of ether oxygens (including phenoxy) is 2. The Bertz CT molecular complexity index is 1000. The third-order valence-corrected chi connectivity index (χ3v) is 5.13. The highest BCUT2D eigenvalue weighted by Crippen LogP contribution is 2.21. The first kappa shape index (κ1) is 21.4. The van der Waals surface area contributed by atoms with Crippen molar-refractivity contribution in [2.45, 2.75) is 12.8 Å². The van der Waals surface area contributed by atoms with Crippen LogP contribution in [-0.2, 0) is 6.42 Å². The first-order valence-corrected chi connectivity index (χ1v) is 9.91. The lowest BCUT2D eigenvalue weighted by atomic mass is 10.1. The molecule has 0 aliphatic heterocycles. The number of hydrogen-bond acceptors (Lipinski definition) is 7. The fourth-order valence-electron chi connectivity index (χ4n) is 3.30. The molecule has 0 bridgehead atoms. The van der Waals surface area contributed by atoms with Gasteiger partial charge >= 0.3 is 0 Å². The lowest BCUT2D eigenvalue weighted by molar-refractivity contribution is 0.335. The van der Waals surface area contributed by atoms with Crippen molar-refractivity contribution in [1.82, 2.24) is 19.9 Å². The number of methoxy groups -OCH3 is 2. The molecule has 30 heavy (non-hydrogen) atoms. The molecule has 0 fully saturated rings. The number of aromatic nitrogens is 3. The van der Waals surface area contributed by atoms with Gasteiger partial charge in [-0.2, -0.15) is 15.2 Å². The van der Waals surface area contributed by atoms with Crippen LogP contribution in [0.4, 0.5) is 5.95 Å². The molecule has 3 aromatic rings. The Kier molecular flexibility index (Phi) is 7.09. The van der Waals surface area contributed by atoms with Crippen molar-refractivity contribution in [3.63, 3.8) is 0 Å². The van der Waals surface area contributed by atoms with Crippen molar-refractivity contribution < 1.29 is 9.47 Å². The predicted molar refractivity (Wildman–Crippen MR) is 117 cm³/mol. The third kappa shape index (κ3) is 5.19. The highest BCUT2D eigenvalue weighted by molar-refractivity contribution is 5.84. The summed E-state index contributed by atoms with van der Waals surface area (Å²) in [7, 11) is 7.23. The van der Waals surface area contributed by atoms with Crippen molar-refractivity contribution in [3.05, 3.63) is 41.6 Å². The summed E-state index contributed by atoms with van der Waals surface area (Å²) < 4.78 is 10.4. The summed E-state index contributed by atoms with van der Waals surface area (Å²) in [5, 5.41) is 10.3. The second-order valence-electron chi connectivity index (χ2n) is 7.27. The normalized spacial score (nSPS) is 10.9. The van der Waals surface area contributed by atoms with Gasteiger partial charge in [0.2, 0.25) is 17.7 Å². The SMILES string of the molecule is COc1cc(OC)nc(N(C)CCN(C)CCCc2c[nH]c3ccc(C#N)cc23)n1. The maximum atomic E-state index is 9.13. The minimum atomic E-state index is 0.482. The topological polar surface area (TPSA) is 90.3 Å². The van der Waals surface area contributed by atoms with E-state index in [1.165, 1.54) is 5.56 Å². The van der Waals surface area contributed by atoms with Crippen LogP contribution in [0.1, 0.15) is 17.5 Å². The molecule has 8 heteroatoms. The highest BCUT2D eigenvalue weighted by atomic mass is 16.5. The van der Waals surface area contributed by atoms with Crippen molar-refractivity contribution in [3.8, 4) is 17.8 Å². The lowest BCUT2D eigenvalue weighted by Gasteiger charge is -2.22. The van der Waals surface area contributed by atoms with Gasteiger partial charge in [0.25, 0.3) is 0 Å². The number of rotatable bonds is 10. The Morgan fingerprint density at radius 2 is 1.77 bits per heavy atom. The monoisotopic (exact) mass is 408 g/mol. The smallest absolute Gasteiger partial charge is 0.231 e. The zero-order valence-electron chi connectivity index (χ0n) is 18.0. The number of aromatic amines is 1. The average Bonchev–Trinajstić information content (AvgIpc) is 3.19. The fraction of sp³-hybridized carbons (Fsp3) is 0.409. The van der Waals surface area contributed by atoms with E-state index in [0.29, 0.717) is 23.3 Å². The van der Waals surface area contributed by atoms with Crippen LogP contribution in [-0.4, -0.2) is 67.8 Å². The third-order valence-electron chi connectivity index (χ3n) is 5.13. The Morgan fingerprint density at radius 3 is 2.43 bits per heavy atom. The van der Waals surface area contributed by atoms with Crippen molar-refractivity contribution >= 4 is 16.9 Å². The molecule has 2 aromatic heterocycles. The van der Waals surface area contributed by atoms with Crippen LogP contribution in [0.5, 0.6) is 11.8 Å². The molecule has 0 unspecified atom stereocenters.